The Morgan fingerprint density at radius 3 is 2.64 bits per heavy atom. The molecule has 25 heavy (non-hydrogen) atoms. The van der Waals surface area contributed by atoms with Crippen molar-refractivity contribution in [2.75, 3.05) is 6.54 Å². The van der Waals surface area contributed by atoms with Gasteiger partial charge in [0.05, 0.1) is 6.04 Å². The van der Waals surface area contributed by atoms with Gasteiger partial charge in [-0.3, -0.25) is 4.79 Å². The summed E-state index contributed by atoms with van der Waals surface area (Å²) in [6.07, 6.45) is 7.65. The fraction of sp³-hybridized carbons (Fsp3) is 0.500. The van der Waals surface area contributed by atoms with E-state index in [1.165, 1.54) is 47.3 Å². The average Bonchev–Trinajstić information content (AvgIpc) is 3.10. The Kier molecular flexibility index (Phi) is 6.30. The van der Waals surface area contributed by atoms with Crippen molar-refractivity contribution >= 4 is 17.2 Å². The second-order valence-electron chi connectivity index (χ2n) is 7.11. The number of carbonyl (C=O) groups excluding carboxylic acids is 1. The Hall–Kier alpha value is -1.61. The molecule has 0 saturated carbocycles. The van der Waals surface area contributed by atoms with Crippen LogP contribution >= 0.6 is 11.3 Å². The largest absolute Gasteiger partial charge is 0.331 e. The number of hydrogen-bond donors (Lipinski definition) is 0. The van der Waals surface area contributed by atoms with Crippen LogP contribution in [0.4, 0.5) is 0 Å². The number of carbonyl (C=O) groups is 1. The molecule has 2 nitrogen and oxygen atoms in total. The van der Waals surface area contributed by atoms with Gasteiger partial charge in [-0.05, 0) is 42.3 Å². The van der Waals surface area contributed by atoms with Crippen molar-refractivity contribution in [3.63, 3.8) is 0 Å². The van der Waals surface area contributed by atoms with Gasteiger partial charge in [0.25, 0.3) is 0 Å². The van der Waals surface area contributed by atoms with Crippen molar-refractivity contribution in [2.24, 2.45) is 0 Å². The fourth-order valence-corrected chi connectivity index (χ4v) is 4.62. The Labute approximate surface area is 155 Å². The zero-order valence-electron chi connectivity index (χ0n) is 15.5. The number of unbranched alkanes of at least 4 members (excludes halogenated alkanes) is 4. The molecule has 0 bridgehead atoms. The zero-order valence-corrected chi connectivity index (χ0v) is 16.3. The molecule has 2 aromatic rings. The molecule has 134 valence electrons. The summed E-state index contributed by atoms with van der Waals surface area (Å²) in [5, 5.41) is 2.17. The molecule has 1 aliphatic rings. The molecule has 3 heteroatoms. The Balaban J connectivity index is 1.75. The number of amides is 1. The number of benzene rings is 1. The molecule has 1 aromatic heterocycles. The second-order valence-corrected chi connectivity index (χ2v) is 8.11. The van der Waals surface area contributed by atoms with Crippen LogP contribution in [-0.2, 0) is 11.2 Å². The molecule has 1 aromatic carbocycles. The van der Waals surface area contributed by atoms with E-state index in [9.17, 15) is 4.79 Å². The van der Waals surface area contributed by atoms with Crippen molar-refractivity contribution < 1.29 is 4.79 Å². The summed E-state index contributed by atoms with van der Waals surface area (Å²) in [6.45, 7) is 5.18. The second kappa shape index (κ2) is 8.66. The van der Waals surface area contributed by atoms with Crippen LogP contribution in [0.1, 0.15) is 73.1 Å². The normalized spacial score (nSPS) is 16.7. The summed E-state index contributed by atoms with van der Waals surface area (Å²) in [4.78, 5) is 16.5. The van der Waals surface area contributed by atoms with E-state index in [-0.39, 0.29) is 6.04 Å². The van der Waals surface area contributed by atoms with Crippen molar-refractivity contribution in [1.82, 2.24) is 4.90 Å². The topological polar surface area (TPSA) is 20.3 Å². The first-order valence-electron chi connectivity index (χ1n) is 9.63. The van der Waals surface area contributed by atoms with Gasteiger partial charge in [0.15, 0.2) is 0 Å². The highest BCUT2D eigenvalue weighted by Crippen LogP contribution is 2.38. The summed E-state index contributed by atoms with van der Waals surface area (Å²) in [6, 6.07) is 11.0. The van der Waals surface area contributed by atoms with Gasteiger partial charge in [-0.2, -0.15) is 0 Å². The van der Waals surface area contributed by atoms with Crippen molar-refractivity contribution in [3.05, 3.63) is 57.3 Å². The highest BCUT2D eigenvalue weighted by Gasteiger charge is 2.32. The fourth-order valence-electron chi connectivity index (χ4n) is 3.72. The van der Waals surface area contributed by atoms with E-state index < -0.39 is 0 Å². The maximum absolute atomic E-state index is 12.9. The molecule has 1 amide bonds. The van der Waals surface area contributed by atoms with Gasteiger partial charge in [-0.25, -0.2) is 0 Å². The molecular formula is C22H29NOS. The number of aryl methyl sites for hydroxylation is 1. The Bertz CT molecular complexity index is 688. The van der Waals surface area contributed by atoms with Gasteiger partial charge in [-0.1, -0.05) is 62.4 Å². The lowest BCUT2D eigenvalue weighted by atomic mass is 9.92. The highest BCUT2D eigenvalue weighted by molar-refractivity contribution is 7.10. The van der Waals surface area contributed by atoms with Gasteiger partial charge in [0.2, 0.25) is 5.91 Å². The minimum absolute atomic E-state index is 0.0961. The molecule has 2 heterocycles. The van der Waals surface area contributed by atoms with Crippen LogP contribution < -0.4 is 0 Å². The first kappa shape index (κ1) is 18.2. The van der Waals surface area contributed by atoms with Gasteiger partial charge in [0, 0.05) is 17.8 Å². The van der Waals surface area contributed by atoms with E-state index >= 15 is 0 Å². The van der Waals surface area contributed by atoms with Crippen LogP contribution in [0.25, 0.3) is 0 Å². The van der Waals surface area contributed by atoms with Crippen LogP contribution in [-0.4, -0.2) is 17.4 Å². The first-order chi connectivity index (χ1) is 12.2. The molecule has 0 N–H and O–H groups in total. The number of hydrogen-bond acceptors (Lipinski definition) is 2. The molecule has 0 saturated heterocycles. The van der Waals surface area contributed by atoms with Crippen LogP contribution in [0.3, 0.4) is 0 Å². The predicted molar refractivity (Wildman–Crippen MR) is 106 cm³/mol. The molecular weight excluding hydrogens is 326 g/mol. The summed E-state index contributed by atoms with van der Waals surface area (Å²) in [7, 11) is 0. The minimum atomic E-state index is 0.0961. The molecule has 1 aliphatic heterocycles. The third-order valence-corrected chi connectivity index (χ3v) is 6.17. The maximum Gasteiger partial charge on any atom is 0.223 e. The standard InChI is InChI=1S/C22H29NOS/c1-3-4-5-6-7-8-21(24)23-15-13-20-19(14-16-25-20)22(23)18-11-9-17(2)10-12-18/h9-12,14,16,22H,3-8,13,15H2,1-2H3. The lowest BCUT2D eigenvalue weighted by molar-refractivity contribution is -0.133. The van der Waals surface area contributed by atoms with E-state index in [0.717, 1.165) is 19.4 Å². The smallest absolute Gasteiger partial charge is 0.223 e. The lowest BCUT2D eigenvalue weighted by Crippen LogP contribution is -2.40. The highest BCUT2D eigenvalue weighted by atomic mass is 32.1. The molecule has 0 spiro atoms. The SMILES string of the molecule is CCCCCCCC(=O)N1CCc2sccc2C1c1ccc(C)cc1. The van der Waals surface area contributed by atoms with Crippen molar-refractivity contribution in [2.45, 2.75) is 64.8 Å². The number of rotatable bonds is 7. The average molecular weight is 356 g/mol. The summed E-state index contributed by atoms with van der Waals surface area (Å²) in [5.41, 5.74) is 3.84. The summed E-state index contributed by atoms with van der Waals surface area (Å²) in [5.74, 6) is 0.318. The van der Waals surface area contributed by atoms with Crippen molar-refractivity contribution in [1.29, 1.82) is 0 Å². The Morgan fingerprint density at radius 1 is 1.12 bits per heavy atom. The molecule has 1 atom stereocenters. The van der Waals surface area contributed by atoms with E-state index in [2.05, 4.69) is 54.5 Å². The van der Waals surface area contributed by atoms with E-state index in [4.69, 9.17) is 0 Å². The van der Waals surface area contributed by atoms with Crippen LogP contribution in [0, 0.1) is 6.92 Å². The number of thiophene rings is 1. The lowest BCUT2D eigenvalue weighted by Gasteiger charge is -2.36. The van der Waals surface area contributed by atoms with Crippen LogP contribution in [0.2, 0.25) is 0 Å². The zero-order chi connectivity index (χ0) is 17.6. The monoisotopic (exact) mass is 355 g/mol. The van der Waals surface area contributed by atoms with Crippen molar-refractivity contribution in [3.8, 4) is 0 Å². The first-order valence-corrected chi connectivity index (χ1v) is 10.5. The number of nitrogens with zero attached hydrogens (tertiary/aromatic N) is 1. The van der Waals surface area contributed by atoms with Crippen LogP contribution in [0.15, 0.2) is 35.7 Å². The molecule has 3 rings (SSSR count). The van der Waals surface area contributed by atoms with Gasteiger partial charge >= 0.3 is 0 Å². The summed E-state index contributed by atoms with van der Waals surface area (Å²) < 4.78 is 0. The Morgan fingerprint density at radius 2 is 1.88 bits per heavy atom. The number of fused-ring (bicyclic) bond motifs is 1. The maximum atomic E-state index is 12.9. The van der Waals surface area contributed by atoms with E-state index in [1.54, 1.807) is 0 Å². The van der Waals surface area contributed by atoms with Gasteiger partial charge in [-0.15, -0.1) is 11.3 Å². The third-order valence-electron chi connectivity index (χ3n) is 5.17. The molecule has 0 aliphatic carbocycles. The molecule has 1 unspecified atom stereocenters. The third kappa shape index (κ3) is 4.33. The van der Waals surface area contributed by atoms with E-state index in [1.807, 2.05) is 11.3 Å². The van der Waals surface area contributed by atoms with Crippen LogP contribution in [0.5, 0.6) is 0 Å². The van der Waals surface area contributed by atoms with Gasteiger partial charge < -0.3 is 4.90 Å². The van der Waals surface area contributed by atoms with E-state index in [0.29, 0.717) is 12.3 Å². The quantitative estimate of drug-likeness (QED) is 0.567. The predicted octanol–water partition coefficient (Wildman–Crippen LogP) is 5.89. The summed E-state index contributed by atoms with van der Waals surface area (Å²) >= 11 is 1.83. The van der Waals surface area contributed by atoms with Gasteiger partial charge in [0.1, 0.15) is 0 Å². The minimum Gasteiger partial charge on any atom is -0.331 e. The molecule has 0 fully saturated rings. The molecule has 0 radical (unpaired) electrons.